The molecule has 0 N–H and O–H groups in total. The van der Waals surface area contributed by atoms with Crippen molar-refractivity contribution in [2.24, 2.45) is 5.10 Å². The molecule has 2 aromatic carbocycles. The van der Waals surface area contributed by atoms with Crippen LogP contribution in [-0.4, -0.2) is 44.0 Å². The maximum atomic E-state index is 13.3. The molecule has 2 aliphatic rings. The zero-order valence-corrected chi connectivity index (χ0v) is 18.9. The summed E-state index contributed by atoms with van der Waals surface area (Å²) in [5.41, 5.74) is 2.98. The Morgan fingerprint density at radius 2 is 1.63 bits per heavy atom. The van der Waals surface area contributed by atoms with Crippen LogP contribution in [0, 0.1) is 0 Å². The summed E-state index contributed by atoms with van der Waals surface area (Å²) in [5, 5.41) is 6.93. The molecule has 7 heteroatoms. The van der Waals surface area contributed by atoms with Crippen LogP contribution in [0.3, 0.4) is 0 Å². The second kappa shape index (κ2) is 9.08. The molecule has 2 aromatic rings. The van der Waals surface area contributed by atoms with Crippen LogP contribution in [0.15, 0.2) is 58.5 Å². The number of benzene rings is 2. The Morgan fingerprint density at radius 3 is 2.27 bits per heavy atom. The zero-order chi connectivity index (χ0) is 21.1. The summed E-state index contributed by atoms with van der Waals surface area (Å²) in [6.45, 7) is 4.47. The molecule has 0 amide bonds. The Morgan fingerprint density at radius 1 is 0.967 bits per heavy atom. The normalized spacial score (nSPS) is 19.0. The van der Waals surface area contributed by atoms with Crippen molar-refractivity contribution in [3.8, 4) is 0 Å². The SMILES string of the molecule is CCC(N1CCCCC1)S(=O)(=O)c1ccc(N2CCC(c3ccc(Cl)cc3)=N2)cc1. The van der Waals surface area contributed by atoms with Gasteiger partial charge in [0, 0.05) is 18.0 Å². The summed E-state index contributed by atoms with van der Waals surface area (Å²) in [6, 6.07) is 14.9. The van der Waals surface area contributed by atoms with Crippen LogP contribution in [0.2, 0.25) is 5.02 Å². The molecule has 0 aliphatic carbocycles. The van der Waals surface area contributed by atoms with Gasteiger partial charge in [-0.05, 0) is 74.3 Å². The molecule has 2 heterocycles. The van der Waals surface area contributed by atoms with Crippen LogP contribution in [0.4, 0.5) is 5.69 Å². The Kier molecular flexibility index (Phi) is 6.46. The lowest BCUT2D eigenvalue weighted by atomic mass is 10.1. The number of piperidine rings is 1. The van der Waals surface area contributed by atoms with E-state index in [1.807, 2.05) is 48.3 Å². The van der Waals surface area contributed by atoms with Gasteiger partial charge in [0.2, 0.25) is 0 Å². The monoisotopic (exact) mass is 445 g/mol. The van der Waals surface area contributed by atoms with Crippen molar-refractivity contribution < 1.29 is 8.42 Å². The summed E-state index contributed by atoms with van der Waals surface area (Å²) in [7, 11) is -3.39. The van der Waals surface area contributed by atoms with Gasteiger partial charge in [0.05, 0.1) is 16.3 Å². The van der Waals surface area contributed by atoms with Gasteiger partial charge in [-0.1, -0.05) is 37.1 Å². The Bertz CT molecular complexity index is 998. The molecule has 1 fully saturated rings. The second-order valence-electron chi connectivity index (χ2n) is 7.93. The fraction of sp³-hybridized carbons (Fsp3) is 0.435. The van der Waals surface area contributed by atoms with Gasteiger partial charge in [-0.2, -0.15) is 5.10 Å². The number of halogens is 1. The standard InChI is InChI=1S/C23H28ClN3O2S/c1-2-23(26-15-4-3-5-16-26)30(28,29)21-12-10-20(11-13-21)27-17-14-22(25-27)18-6-8-19(24)9-7-18/h6-13,23H,2-5,14-17H2,1H3. The highest BCUT2D eigenvalue weighted by atomic mass is 35.5. The van der Waals surface area contributed by atoms with Crippen molar-refractivity contribution in [2.45, 2.75) is 49.3 Å². The highest BCUT2D eigenvalue weighted by Gasteiger charge is 2.32. The third kappa shape index (κ3) is 4.41. The predicted octanol–water partition coefficient (Wildman–Crippen LogP) is 4.95. The number of hydrazone groups is 1. The first-order chi connectivity index (χ1) is 14.5. The van der Waals surface area contributed by atoms with Crippen molar-refractivity contribution in [3.05, 3.63) is 59.1 Å². The lowest BCUT2D eigenvalue weighted by Gasteiger charge is -2.33. The van der Waals surface area contributed by atoms with Gasteiger partial charge in [-0.15, -0.1) is 0 Å². The minimum atomic E-state index is -3.39. The molecular weight excluding hydrogens is 418 g/mol. The van der Waals surface area contributed by atoms with E-state index in [9.17, 15) is 8.42 Å². The Balaban J connectivity index is 1.51. The predicted molar refractivity (Wildman–Crippen MR) is 123 cm³/mol. The fourth-order valence-electron chi connectivity index (χ4n) is 4.33. The van der Waals surface area contributed by atoms with Crippen molar-refractivity contribution in [1.29, 1.82) is 0 Å². The van der Waals surface area contributed by atoms with E-state index < -0.39 is 15.2 Å². The molecule has 0 bridgehead atoms. The topological polar surface area (TPSA) is 53.0 Å². The molecule has 1 saturated heterocycles. The first-order valence-corrected chi connectivity index (χ1v) is 12.6. The van der Waals surface area contributed by atoms with Crippen molar-refractivity contribution in [2.75, 3.05) is 24.6 Å². The molecule has 5 nitrogen and oxygen atoms in total. The molecule has 0 aromatic heterocycles. The van der Waals surface area contributed by atoms with Gasteiger partial charge in [-0.25, -0.2) is 8.42 Å². The van der Waals surface area contributed by atoms with E-state index in [4.69, 9.17) is 16.7 Å². The molecule has 1 unspecified atom stereocenters. The number of likely N-dealkylation sites (tertiary alicyclic amines) is 1. The van der Waals surface area contributed by atoms with Gasteiger partial charge in [0.1, 0.15) is 5.37 Å². The van der Waals surface area contributed by atoms with E-state index in [1.54, 1.807) is 12.1 Å². The first kappa shape index (κ1) is 21.3. The quantitative estimate of drug-likeness (QED) is 0.631. The smallest absolute Gasteiger partial charge is 0.194 e. The maximum Gasteiger partial charge on any atom is 0.194 e. The molecule has 0 spiro atoms. The van der Waals surface area contributed by atoms with Crippen LogP contribution >= 0.6 is 11.6 Å². The minimum Gasteiger partial charge on any atom is -0.287 e. The van der Waals surface area contributed by atoms with E-state index in [2.05, 4.69) is 4.90 Å². The molecule has 0 radical (unpaired) electrons. The van der Waals surface area contributed by atoms with Gasteiger partial charge in [-0.3, -0.25) is 9.91 Å². The first-order valence-electron chi connectivity index (χ1n) is 10.7. The van der Waals surface area contributed by atoms with Crippen molar-refractivity contribution in [3.63, 3.8) is 0 Å². The summed E-state index contributed by atoms with van der Waals surface area (Å²) in [6.07, 6.45) is 4.79. The van der Waals surface area contributed by atoms with E-state index >= 15 is 0 Å². The number of hydrogen-bond donors (Lipinski definition) is 0. The number of nitrogens with zero attached hydrogens (tertiary/aromatic N) is 3. The summed E-state index contributed by atoms with van der Waals surface area (Å²) < 4.78 is 26.5. The van der Waals surface area contributed by atoms with E-state index in [0.717, 1.165) is 55.9 Å². The van der Waals surface area contributed by atoms with Crippen LogP contribution < -0.4 is 5.01 Å². The van der Waals surface area contributed by atoms with Crippen LogP contribution in [-0.2, 0) is 9.84 Å². The van der Waals surface area contributed by atoms with Gasteiger partial charge in [0.15, 0.2) is 9.84 Å². The second-order valence-corrected chi connectivity index (χ2v) is 10.5. The minimum absolute atomic E-state index is 0.393. The highest BCUT2D eigenvalue weighted by Crippen LogP contribution is 2.28. The lowest BCUT2D eigenvalue weighted by molar-refractivity contribution is 0.203. The van der Waals surface area contributed by atoms with Crippen LogP contribution in [0.1, 0.15) is 44.6 Å². The number of hydrogen-bond acceptors (Lipinski definition) is 5. The lowest BCUT2D eigenvalue weighted by Crippen LogP contribution is -2.43. The third-order valence-corrected chi connectivity index (χ3v) is 8.48. The fourth-order valence-corrected chi connectivity index (χ4v) is 6.33. The third-order valence-electron chi connectivity index (χ3n) is 5.95. The van der Waals surface area contributed by atoms with Crippen LogP contribution in [0.25, 0.3) is 0 Å². The molecule has 1 atom stereocenters. The Hall–Kier alpha value is -1.89. The van der Waals surface area contributed by atoms with E-state index in [0.29, 0.717) is 16.3 Å². The number of sulfone groups is 1. The average Bonchev–Trinajstić information content (AvgIpc) is 3.26. The van der Waals surface area contributed by atoms with Crippen molar-refractivity contribution >= 4 is 32.8 Å². The zero-order valence-electron chi connectivity index (χ0n) is 17.3. The van der Waals surface area contributed by atoms with E-state index in [1.165, 1.54) is 6.42 Å². The average molecular weight is 446 g/mol. The number of anilines is 1. The van der Waals surface area contributed by atoms with E-state index in [-0.39, 0.29) is 0 Å². The summed E-state index contributed by atoms with van der Waals surface area (Å²) >= 11 is 5.97. The van der Waals surface area contributed by atoms with Gasteiger partial charge in [0.25, 0.3) is 0 Å². The highest BCUT2D eigenvalue weighted by molar-refractivity contribution is 7.92. The molecule has 2 aliphatic heterocycles. The summed E-state index contributed by atoms with van der Waals surface area (Å²) in [4.78, 5) is 2.53. The van der Waals surface area contributed by atoms with Crippen LogP contribution in [0.5, 0.6) is 0 Å². The van der Waals surface area contributed by atoms with Crippen molar-refractivity contribution in [1.82, 2.24) is 4.90 Å². The number of rotatable bonds is 6. The molecule has 0 saturated carbocycles. The van der Waals surface area contributed by atoms with Gasteiger partial charge >= 0.3 is 0 Å². The summed E-state index contributed by atoms with van der Waals surface area (Å²) in [5.74, 6) is 0. The maximum absolute atomic E-state index is 13.3. The van der Waals surface area contributed by atoms with Gasteiger partial charge < -0.3 is 0 Å². The molecule has 160 valence electrons. The molecule has 4 rings (SSSR count). The Labute approximate surface area is 184 Å². The largest absolute Gasteiger partial charge is 0.287 e. The molecular formula is C23H28ClN3O2S. The molecule has 30 heavy (non-hydrogen) atoms.